The Hall–Kier alpha value is -1.91. The molecule has 0 bridgehead atoms. The monoisotopic (exact) mass is 289 g/mol. The fourth-order valence-corrected chi connectivity index (χ4v) is 2.11. The third-order valence-electron chi connectivity index (χ3n) is 3.26. The summed E-state index contributed by atoms with van der Waals surface area (Å²) < 4.78 is 24.0. The molecule has 0 amide bonds. The maximum absolute atomic E-state index is 13.0. The van der Waals surface area contributed by atoms with Gasteiger partial charge in [-0.15, -0.1) is 0 Å². The number of nitrogens with two attached hydrogens (primary N) is 1. The SMILES string of the molecule is COc1ccc(COC(c2ccc(F)cc2)C(C)N)cc1. The molecule has 2 rings (SSSR count). The Morgan fingerprint density at radius 2 is 1.67 bits per heavy atom. The van der Waals surface area contributed by atoms with E-state index in [-0.39, 0.29) is 18.0 Å². The molecule has 4 heteroatoms. The van der Waals surface area contributed by atoms with Crippen molar-refractivity contribution in [2.45, 2.75) is 25.7 Å². The van der Waals surface area contributed by atoms with Crippen LogP contribution in [0, 0.1) is 5.82 Å². The van der Waals surface area contributed by atoms with Crippen LogP contribution < -0.4 is 10.5 Å². The van der Waals surface area contributed by atoms with Crippen molar-refractivity contribution in [3.63, 3.8) is 0 Å². The molecule has 2 N–H and O–H groups in total. The molecular formula is C17H20FNO2. The van der Waals surface area contributed by atoms with E-state index in [2.05, 4.69) is 0 Å². The molecule has 2 aromatic rings. The van der Waals surface area contributed by atoms with Crippen LogP contribution >= 0.6 is 0 Å². The Balaban J connectivity index is 2.04. The molecular weight excluding hydrogens is 269 g/mol. The van der Waals surface area contributed by atoms with Gasteiger partial charge in [0.25, 0.3) is 0 Å². The highest BCUT2D eigenvalue weighted by molar-refractivity contribution is 5.27. The van der Waals surface area contributed by atoms with Crippen LogP contribution in [0.1, 0.15) is 24.2 Å². The highest BCUT2D eigenvalue weighted by atomic mass is 19.1. The fourth-order valence-electron chi connectivity index (χ4n) is 2.11. The van der Waals surface area contributed by atoms with Gasteiger partial charge in [0, 0.05) is 6.04 Å². The first kappa shape index (κ1) is 15.5. The number of hydrogen-bond donors (Lipinski definition) is 1. The number of ether oxygens (including phenoxy) is 2. The van der Waals surface area contributed by atoms with Gasteiger partial charge in [0.1, 0.15) is 11.6 Å². The lowest BCUT2D eigenvalue weighted by molar-refractivity contribution is 0.0258. The predicted molar refractivity (Wildman–Crippen MR) is 80.6 cm³/mol. The van der Waals surface area contributed by atoms with Gasteiger partial charge in [0.2, 0.25) is 0 Å². The van der Waals surface area contributed by atoms with E-state index in [1.54, 1.807) is 19.2 Å². The highest BCUT2D eigenvalue weighted by Gasteiger charge is 2.17. The minimum atomic E-state index is -0.271. The molecule has 0 saturated carbocycles. The molecule has 0 aliphatic rings. The van der Waals surface area contributed by atoms with E-state index in [1.807, 2.05) is 31.2 Å². The quantitative estimate of drug-likeness (QED) is 0.886. The summed E-state index contributed by atoms with van der Waals surface area (Å²) in [4.78, 5) is 0. The van der Waals surface area contributed by atoms with Crippen molar-refractivity contribution in [2.24, 2.45) is 5.73 Å². The Morgan fingerprint density at radius 1 is 1.05 bits per heavy atom. The number of hydrogen-bond acceptors (Lipinski definition) is 3. The van der Waals surface area contributed by atoms with Crippen LogP contribution in [0.15, 0.2) is 48.5 Å². The largest absolute Gasteiger partial charge is 0.497 e. The average molecular weight is 289 g/mol. The molecule has 0 spiro atoms. The van der Waals surface area contributed by atoms with Crippen molar-refractivity contribution < 1.29 is 13.9 Å². The van der Waals surface area contributed by atoms with Crippen molar-refractivity contribution in [2.75, 3.05) is 7.11 Å². The van der Waals surface area contributed by atoms with Crippen molar-refractivity contribution >= 4 is 0 Å². The summed E-state index contributed by atoms with van der Waals surface area (Å²) in [6.07, 6.45) is -0.271. The van der Waals surface area contributed by atoms with E-state index in [1.165, 1.54) is 12.1 Å². The van der Waals surface area contributed by atoms with E-state index in [4.69, 9.17) is 15.2 Å². The zero-order valence-corrected chi connectivity index (χ0v) is 12.3. The normalized spacial score (nSPS) is 13.7. The second-order valence-electron chi connectivity index (χ2n) is 4.99. The Kier molecular flexibility index (Phi) is 5.31. The van der Waals surface area contributed by atoms with Gasteiger partial charge in [-0.2, -0.15) is 0 Å². The summed E-state index contributed by atoms with van der Waals surface area (Å²) in [5.74, 6) is 0.540. The average Bonchev–Trinajstić information content (AvgIpc) is 2.49. The van der Waals surface area contributed by atoms with Crippen LogP contribution in [0.4, 0.5) is 4.39 Å². The minimum Gasteiger partial charge on any atom is -0.497 e. The molecule has 21 heavy (non-hydrogen) atoms. The molecule has 0 aromatic heterocycles. The lowest BCUT2D eigenvalue weighted by atomic mass is 10.0. The van der Waals surface area contributed by atoms with Crippen LogP contribution in [0.5, 0.6) is 5.75 Å². The highest BCUT2D eigenvalue weighted by Crippen LogP contribution is 2.23. The third kappa shape index (κ3) is 4.28. The van der Waals surface area contributed by atoms with Gasteiger partial charge in [0.15, 0.2) is 0 Å². The van der Waals surface area contributed by atoms with Crippen molar-refractivity contribution in [1.29, 1.82) is 0 Å². The first-order valence-corrected chi connectivity index (χ1v) is 6.85. The van der Waals surface area contributed by atoms with E-state index in [9.17, 15) is 4.39 Å². The smallest absolute Gasteiger partial charge is 0.123 e. The summed E-state index contributed by atoms with van der Waals surface area (Å²) in [5, 5.41) is 0. The second-order valence-corrected chi connectivity index (χ2v) is 4.99. The summed E-state index contributed by atoms with van der Waals surface area (Å²) in [6.45, 7) is 2.32. The molecule has 2 aromatic carbocycles. The molecule has 0 heterocycles. The van der Waals surface area contributed by atoms with E-state index < -0.39 is 0 Å². The topological polar surface area (TPSA) is 44.5 Å². The van der Waals surface area contributed by atoms with Crippen LogP contribution in [0.3, 0.4) is 0 Å². The first-order valence-electron chi connectivity index (χ1n) is 6.85. The number of halogens is 1. The molecule has 0 fully saturated rings. The Bertz CT molecular complexity index is 552. The zero-order chi connectivity index (χ0) is 15.2. The minimum absolute atomic E-state index is 0.186. The van der Waals surface area contributed by atoms with Gasteiger partial charge in [-0.05, 0) is 42.3 Å². The number of methoxy groups -OCH3 is 1. The van der Waals surface area contributed by atoms with Crippen molar-refractivity contribution in [3.8, 4) is 5.75 Å². The van der Waals surface area contributed by atoms with Crippen LogP contribution in [0.2, 0.25) is 0 Å². The Labute approximate surface area is 124 Å². The molecule has 3 nitrogen and oxygen atoms in total. The third-order valence-corrected chi connectivity index (χ3v) is 3.26. The number of rotatable bonds is 6. The predicted octanol–water partition coefficient (Wildman–Crippen LogP) is 3.44. The molecule has 112 valence electrons. The lowest BCUT2D eigenvalue weighted by Crippen LogP contribution is -2.27. The summed E-state index contributed by atoms with van der Waals surface area (Å²) in [6, 6.07) is 13.7. The molecule has 0 saturated heterocycles. The summed E-state index contributed by atoms with van der Waals surface area (Å²) >= 11 is 0. The van der Waals surface area contributed by atoms with Gasteiger partial charge in [-0.25, -0.2) is 4.39 Å². The van der Waals surface area contributed by atoms with E-state index in [0.717, 1.165) is 16.9 Å². The Morgan fingerprint density at radius 3 is 2.19 bits per heavy atom. The second kappa shape index (κ2) is 7.20. The van der Waals surface area contributed by atoms with Gasteiger partial charge in [0.05, 0.1) is 19.8 Å². The van der Waals surface area contributed by atoms with Crippen LogP contribution in [-0.2, 0) is 11.3 Å². The summed E-state index contributed by atoms with van der Waals surface area (Å²) in [7, 11) is 1.63. The molecule has 2 unspecified atom stereocenters. The van der Waals surface area contributed by atoms with Gasteiger partial charge < -0.3 is 15.2 Å². The molecule has 0 aliphatic heterocycles. The van der Waals surface area contributed by atoms with Crippen molar-refractivity contribution in [3.05, 3.63) is 65.5 Å². The molecule has 2 atom stereocenters. The standard InChI is InChI=1S/C17H20FNO2/c1-12(19)17(14-5-7-15(18)8-6-14)21-11-13-3-9-16(20-2)10-4-13/h3-10,12,17H,11,19H2,1-2H3. The van der Waals surface area contributed by atoms with Crippen LogP contribution in [-0.4, -0.2) is 13.2 Å². The first-order chi connectivity index (χ1) is 10.1. The van der Waals surface area contributed by atoms with E-state index >= 15 is 0 Å². The lowest BCUT2D eigenvalue weighted by Gasteiger charge is -2.22. The van der Waals surface area contributed by atoms with Crippen molar-refractivity contribution in [1.82, 2.24) is 0 Å². The molecule has 0 aliphatic carbocycles. The maximum Gasteiger partial charge on any atom is 0.123 e. The van der Waals surface area contributed by atoms with E-state index in [0.29, 0.717) is 6.61 Å². The van der Waals surface area contributed by atoms with Crippen LogP contribution in [0.25, 0.3) is 0 Å². The van der Waals surface area contributed by atoms with Gasteiger partial charge in [-0.3, -0.25) is 0 Å². The van der Waals surface area contributed by atoms with Gasteiger partial charge >= 0.3 is 0 Å². The summed E-state index contributed by atoms with van der Waals surface area (Å²) in [5.41, 5.74) is 7.88. The van der Waals surface area contributed by atoms with Gasteiger partial charge in [-0.1, -0.05) is 24.3 Å². The maximum atomic E-state index is 13.0. The fraction of sp³-hybridized carbons (Fsp3) is 0.294. The number of benzene rings is 2. The zero-order valence-electron chi connectivity index (χ0n) is 12.3. The molecule has 0 radical (unpaired) electrons.